The van der Waals surface area contributed by atoms with Crippen molar-refractivity contribution in [3.05, 3.63) is 76.4 Å². The standard InChI is InChI=1S/C16H14BrN3O/c17-13-7-4-8-14(10-13)18-11-16-20-19-15(21-16)9-12-5-2-1-3-6-12/h1-8,10,18H,9,11H2. The van der Waals surface area contributed by atoms with Gasteiger partial charge in [0, 0.05) is 10.2 Å². The van der Waals surface area contributed by atoms with Crippen LogP contribution in [0, 0.1) is 0 Å². The monoisotopic (exact) mass is 343 g/mol. The summed E-state index contributed by atoms with van der Waals surface area (Å²) in [4.78, 5) is 0. The summed E-state index contributed by atoms with van der Waals surface area (Å²) < 4.78 is 6.67. The van der Waals surface area contributed by atoms with E-state index in [1.54, 1.807) is 0 Å². The summed E-state index contributed by atoms with van der Waals surface area (Å²) in [6, 6.07) is 18.0. The zero-order chi connectivity index (χ0) is 14.5. The molecule has 0 radical (unpaired) electrons. The summed E-state index contributed by atoms with van der Waals surface area (Å²) in [7, 11) is 0. The number of nitrogens with one attached hydrogen (secondary N) is 1. The van der Waals surface area contributed by atoms with Crippen molar-refractivity contribution in [3.63, 3.8) is 0 Å². The summed E-state index contributed by atoms with van der Waals surface area (Å²) >= 11 is 3.44. The number of aromatic nitrogens is 2. The third kappa shape index (κ3) is 3.92. The minimum atomic E-state index is 0.512. The van der Waals surface area contributed by atoms with Gasteiger partial charge in [0.1, 0.15) is 0 Å². The van der Waals surface area contributed by atoms with Crippen molar-refractivity contribution in [2.45, 2.75) is 13.0 Å². The number of nitrogens with zero attached hydrogens (tertiary/aromatic N) is 2. The topological polar surface area (TPSA) is 51.0 Å². The Morgan fingerprint density at radius 2 is 1.76 bits per heavy atom. The third-order valence-electron chi connectivity index (χ3n) is 2.98. The van der Waals surface area contributed by atoms with Gasteiger partial charge in [-0.25, -0.2) is 0 Å². The van der Waals surface area contributed by atoms with Crippen LogP contribution in [0.15, 0.2) is 63.5 Å². The predicted molar refractivity (Wildman–Crippen MR) is 85.0 cm³/mol. The Bertz CT molecular complexity index is 712. The molecule has 0 bridgehead atoms. The van der Waals surface area contributed by atoms with Crippen LogP contribution in [0.2, 0.25) is 0 Å². The normalized spacial score (nSPS) is 10.5. The SMILES string of the molecule is Brc1cccc(NCc2nnc(Cc3ccccc3)o2)c1. The maximum Gasteiger partial charge on any atom is 0.235 e. The Morgan fingerprint density at radius 1 is 0.952 bits per heavy atom. The average Bonchev–Trinajstić information content (AvgIpc) is 2.94. The van der Waals surface area contributed by atoms with Gasteiger partial charge < -0.3 is 9.73 Å². The highest BCUT2D eigenvalue weighted by Gasteiger charge is 2.06. The lowest BCUT2D eigenvalue weighted by Gasteiger charge is -2.03. The highest BCUT2D eigenvalue weighted by atomic mass is 79.9. The maximum atomic E-state index is 5.64. The van der Waals surface area contributed by atoms with Crippen LogP contribution in [-0.2, 0) is 13.0 Å². The molecule has 106 valence electrons. The largest absolute Gasteiger partial charge is 0.423 e. The molecule has 0 fully saturated rings. The first-order valence-electron chi connectivity index (χ1n) is 6.64. The lowest BCUT2D eigenvalue weighted by Crippen LogP contribution is -1.99. The van der Waals surface area contributed by atoms with Gasteiger partial charge in [0.05, 0.1) is 13.0 Å². The molecule has 1 heterocycles. The molecule has 0 amide bonds. The molecule has 3 rings (SSSR count). The van der Waals surface area contributed by atoms with E-state index in [0.717, 1.165) is 15.7 Å². The van der Waals surface area contributed by atoms with Gasteiger partial charge in [0.2, 0.25) is 11.8 Å². The average molecular weight is 344 g/mol. The van der Waals surface area contributed by atoms with Crippen LogP contribution in [0.1, 0.15) is 17.3 Å². The van der Waals surface area contributed by atoms with E-state index in [0.29, 0.717) is 24.7 Å². The number of hydrogen-bond donors (Lipinski definition) is 1. The van der Waals surface area contributed by atoms with Gasteiger partial charge in [0.25, 0.3) is 0 Å². The molecule has 1 N–H and O–H groups in total. The van der Waals surface area contributed by atoms with Crippen LogP contribution in [0.25, 0.3) is 0 Å². The zero-order valence-corrected chi connectivity index (χ0v) is 12.9. The van der Waals surface area contributed by atoms with Gasteiger partial charge >= 0.3 is 0 Å². The third-order valence-corrected chi connectivity index (χ3v) is 3.47. The summed E-state index contributed by atoms with van der Waals surface area (Å²) in [5.74, 6) is 1.22. The van der Waals surface area contributed by atoms with E-state index in [4.69, 9.17) is 4.42 Å². The fraction of sp³-hybridized carbons (Fsp3) is 0.125. The van der Waals surface area contributed by atoms with E-state index >= 15 is 0 Å². The quantitative estimate of drug-likeness (QED) is 0.759. The van der Waals surface area contributed by atoms with Crippen LogP contribution in [-0.4, -0.2) is 10.2 Å². The number of anilines is 1. The van der Waals surface area contributed by atoms with Gasteiger partial charge in [-0.2, -0.15) is 0 Å². The van der Waals surface area contributed by atoms with Crippen molar-refractivity contribution in [1.29, 1.82) is 0 Å². The van der Waals surface area contributed by atoms with E-state index in [1.165, 1.54) is 0 Å². The Hall–Kier alpha value is -2.14. The van der Waals surface area contributed by atoms with Gasteiger partial charge in [-0.3, -0.25) is 0 Å². The summed E-state index contributed by atoms with van der Waals surface area (Å²) in [5.41, 5.74) is 2.17. The molecule has 0 aliphatic heterocycles. The second-order valence-corrected chi connectivity index (χ2v) is 5.53. The molecular weight excluding hydrogens is 330 g/mol. The molecule has 0 aliphatic carbocycles. The molecule has 0 spiro atoms. The fourth-order valence-corrected chi connectivity index (χ4v) is 2.38. The molecule has 1 aromatic heterocycles. The minimum Gasteiger partial charge on any atom is -0.423 e. The highest BCUT2D eigenvalue weighted by Crippen LogP contribution is 2.16. The number of rotatable bonds is 5. The van der Waals surface area contributed by atoms with Gasteiger partial charge in [-0.05, 0) is 23.8 Å². The van der Waals surface area contributed by atoms with Crippen LogP contribution in [0.4, 0.5) is 5.69 Å². The smallest absolute Gasteiger partial charge is 0.235 e. The molecular formula is C16H14BrN3O. The van der Waals surface area contributed by atoms with Gasteiger partial charge in [0.15, 0.2) is 0 Å². The second kappa shape index (κ2) is 6.54. The first kappa shape index (κ1) is 13.8. The van der Waals surface area contributed by atoms with Gasteiger partial charge in [-0.1, -0.05) is 52.3 Å². The van der Waals surface area contributed by atoms with Crippen LogP contribution in [0.5, 0.6) is 0 Å². The Labute approximate surface area is 131 Å². The van der Waals surface area contributed by atoms with E-state index in [-0.39, 0.29) is 0 Å². The molecule has 0 unspecified atom stereocenters. The van der Waals surface area contributed by atoms with E-state index in [9.17, 15) is 0 Å². The summed E-state index contributed by atoms with van der Waals surface area (Å²) in [6.45, 7) is 0.512. The lowest BCUT2D eigenvalue weighted by atomic mass is 10.2. The second-order valence-electron chi connectivity index (χ2n) is 4.62. The highest BCUT2D eigenvalue weighted by molar-refractivity contribution is 9.10. The zero-order valence-electron chi connectivity index (χ0n) is 11.3. The van der Waals surface area contributed by atoms with Crippen molar-refractivity contribution >= 4 is 21.6 Å². The molecule has 0 atom stereocenters. The predicted octanol–water partition coefficient (Wildman–Crippen LogP) is 4.04. The van der Waals surface area contributed by atoms with Crippen molar-refractivity contribution in [1.82, 2.24) is 10.2 Å². The van der Waals surface area contributed by atoms with Crippen molar-refractivity contribution < 1.29 is 4.42 Å². The van der Waals surface area contributed by atoms with Crippen LogP contribution in [0.3, 0.4) is 0 Å². The molecule has 4 nitrogen and oxygen atoms in total. The summed E-state index contributed by atoms with van der Waals surface area (Å²) in [5, 5.41) is 11.4. The Morgan fingerprint density at radius 3 is 2.57 bits per heavy atom. The molecule has 2 aromatic carbocycles. The van der Waals surface area contributed by atoms with Gasteiger partial charge in [-0.15, -0.1) is 10.2 Å². The van der Waals surface area contributed by atoms with Crippen molar-refractivity contribution in [2.75, 3.05) is 5.32 Å². The van der Waals surface area contributed by atoms with Crippen LogP contribution >= 0.6 is 15.9 Å². The first-order valence-corrected chi connectivity index (χ1v) is 7.43. The first-order chi connectivity index (χ1) is 10.3. The van der Waals surface area contributed by atoms with E-state index in [1.807, 2.05) is 54.6 Å². The van der Waals surface area contributed by atoms with Crippen molar-refractivity contribution in [2.24, 2.45) is 0 Å². The molecule has 5 heteroatoms. The minimum absolute atomic E-state index is 0.512. The Kier molecular flexibility index (Phi) is 4.31. The molecule has 0 saturated carbocycles. The molecule has 0 saturated heterocycles. The number of halogens is 1. The number of hydrogen-bond acceptors (Lipinski definition) is 4. The van der Waals surface area contributed by atoms with E-state index < -0.39 is 0 Å². The fourth-order valence-electron chi connectivity index (χ4n) is 1.98. The van der Waals surface area contributed by atoms with Crippen LogP contribution < -0.4 is 5.32 Å². The number of benzene rings is 2. The lowest BCUT2D eigenvalue weighted by molar-refractivity contribution is 0.464. The van der Waals surface area contributed by atoms with E-state index in [2.05, 4.69) is 31.4 Å². The molecule has 0 aliphatic rings. The molecule has 21 heavy (non-hydrogen) atoms. The van der Waals surface area contributed by atoms with Crippen molar-refractivity contribution in [3.8, 4) is 0 Å². The Balaban J connectivity index is 1.60. The summed E-state index contributed by atoms with van der Waals surface area (Å²) in [6.07, 6.45) is 0.657. The maximum absolute atomic E-state index is 5.64. The molecule has 3 aromatic rings.